The fraction of sp³-hybridized carbons (Fsp3) is 0.158. The first-order valence-corrected chi connectivity index (χ1v) is 7.96. The monoisotopic (exact) mass is 372 g/mol. The largest absolute Gasteiger partial charge is 0.454 e. The molecule has 0 saturated heterocycles. The maximum absolute atomic E-state index is 12.8. The van der Waals surface area contributed by atoms with Gasteiger partial charge in [0.25, 0.3) is 11.8 Å². The van der Waals surface area contributed by atoms with Crippen LogP contribution < -0.4 is 10.6 Å². The van der Waals surface area contributed by atoms with Crippen LogP contribution in [-0.2, 0) is 14.3 Å². The predicted molar refractivity (Wildman–Crippen MR) is 94.8 cm³/mol. The number of nitrogens with one attached hydrogen (secondary N) is 2. The number of benzene rings is 2. The molecular formula is C19H17FN2O5. The van der Waals surface area contributed by atoms with E-state index in [1.807, 2.05) is 0 Å². The molecule has 27 heavy (non-hydrogen) atoms. The van der Waals surface area contributed by atoms with Gasteiger partial charge in [0.15, 0.2) is 12.4 Å². The Kier molecular flexibility index (Phi) is 6.76. The number of Topliss-reactive ketones (excluding diaryl/α,β-unsaturated/α-hetero) is 1. The number of esters is 1. The fourth-order valence-corrected chi connectivity index (χ4v) is 2.14. The third-order valence-electron chi connectivity index (χ3n) is 3.44. The van der Waals surface area contributed by atoms with Crippen LogP contribution in [0.4, 0.5) is 10.1 Å². The molecule has 7 nitrogen and oxygen atoms in total. The Balaban J connectivity index is 1.78. The Morgan fingerprint density at radius 2 is 1.67 bits per heavy atom. The maximum atomic E-state index is 12.8. The number of carbonyl (C=O) groups excluding carboxylic acids is 4. The number of halogens is 1. The van der Waals surface area contributed by atoms with Crippen LogP contribution in [0.3, 0.4) is 0 Å². The second-order valence-corrected chi connectivity index (χ2v) is 5.50. The van der Waals surface area contributed by atoms with E-state index >= 15 is 0 Å². The summed E-state index contributed by atoms with van der Waals surface area (Å²) in [6.45, 7) is 0.347. The molecule has 0 radical (unpaired) electrons. The highest BCUT2D eigenvalue weighted by molar-refractivity contribution is 6.04. The van der Waals surface area contributed by atoms with E-state index in [-0.39, 0.29) is 11.3 Å². The van der Waals surface area contributed by atoms with E-state index in [0.717, 1.165) is 12.1 Å². The molecule has 0 aliphatic rings. The maximum Gasteiger partial charge on any atom is 0.325 e. The first-order valence-electron chi connectivity index (χ1n) is 7.96. The average Bonchev–Trinajstić information content (AvgIpc) is 2.65. The van der Waals surface area contributed by atoms with E-state index < -0.39 is 36.8 Å². The van der Waals surface area contributed by atoms with Gasteiger partial charge in [0, 0.05) is 11.1 Å². The zero-order valence-corrected chi connectivity index (χ0v) is 14.5. The molecule has 0 bridgehead atoms. The summed E-state index contributed by atoms with van der Waals surface area (Å²) in [5.41, 5.74) is 0.835. The van der Waals surface area contributed by atoms with E-state index in [1.54, 1.807) is 24.3 Å². The SMILES string of the molecule is CC(=O)c1ccccc1NC(=O)COC(=O)CNC(=O)c1ccc(F)cc1. The number of hydrogen-bond donors (Lipinski definition) is 2. The number of amides is 2. The summed E-state index contributed by atoms with van der Waals surface area (Å²) in [7, 11) is 0. The lowest BCUT2D eigenvalue weighted by atomic mass is 10.1. The summed E-state index contributed by atoms with van der Waals surface area (Å²) in [5, 5.41) is 4.79. The molecule has 2 aromatic carbocycles. The van der Waals surface area contributed by atoms with E-state index in [9.17, 15) is 23.6 Å². The van der Waals surface area contributed by atoms with Crippen molar-refractivity contribution in [1.29, 1.82) is 0 Å². The molecule has 2 aromatic rings. The number of para-hydroxylation sites is 1. The summed E-state index contributed by atoms with van der Waals surface area (Å²) >= 11 is 0. The predicted octanol–water partition coefficient (Wildman–Crippen LogP) is 1.94. The molecule has 2 amide bonds. The van der Waals surface area contributed by atoms with E-state index in [0.29, 0.717) is 11.3 Å². The molecule has 2 N–H and O–H groups in total. The van der Waals surface area contributed by atoms with Gasteiger partial charge < -0.3 is 15.4 Å². The number of hydrogen-bond acceptors (Lipinski definition) is 5. The number of rotatable bonds is 7. The number of ketones is 1. The lowest BCUT2D eigenvalue weighted by molar-refractivity contribution is -0.146. The van der Waals surface area contributed by atoms with Crippen molar-refractivity contribution >= 4 is 29.3 Å². The zero-order valence-electron chi connectivity index (χ0n) is 14.5. The van der Waals surface area contributed by atoms with Gasteiger partial charge in [0.05, 0.1) is 5.69 Å². The van der Waals surface area contributed by atoms with Gasteiger partial charge in [-0.1, -0.05) is 12.1 Å². The van der Waals surface area contributed by atoms with Crippen molar-refractivity contribution in [3.63, 3.8) is 0 Å². The molecule has 0 aromatic heterocycles. The van der Waals surface area contributed by atoms with Gasteiger partial charge in [-0.25, -0.2) is 4.39 Å². The molecule has 0 spiro atoms. The lowest BCUT2D eigenvalue weighted by Gasteiger charge is -2.10. The standard InChI is InChI=1S/C19H17FN2O5/c1-12(23)15-4-2-3-5-16(15)22-17(24)11-27-18(25)10-21-19(26)13-6-8-14(20)9-7-13/h2-9H,10-11H2,1H3,(H,21,26)(H,22,24). The van der Waals surface area contributed by atoms with Crippen LogP contribution in [0.1, 0.15) is 27.6 Å². The van der Waals surface area contributed by atoms with Gasteiger partial charge in [0.1, 0.15) is 12.4 Å². The summed E-state index contributed by atoms with van der Waals surface area (Å²) in [6, 6.07) is 11.2. The van der Waals surface area contributed by atoms with Crippen LogP contribution in [-0.4, -0.2) is 36.7 Å². The van der Waals surface area contributed by atoms with Crippen molar-refractivity contribution < 1.29 is 28.3 Å². The Hall–Kier alpha value is -3.55. The van der Waals surface area contributed by atoms with Crippen LogP contribution in [0.15, 0.2) is 48.5 Å². The molecule has 0 fully saturated rings. The molecule has 0 aliphatic carbocycles. The highest BCUT2D eigenvalue weighted by atomic mass is 19.1. The van der Waals surface area contributed by atoms with Crippen molar-refractivity contribution in [3.05, 3.63) is 65.5 Å². The van der Waals surface area contributed by atoms with Crippen LogP contribution in [0.25, 0.3) is 0 Å². The van der Waals surface area contributed by atoms with E-state index in [4.69, 9.17) is 4.74 Å². The number of ether oxygens (including phenoxy) is 1. The number of carbonyl (C=O) groups is 4. The summed E-state index contributed by atoms with van der Waals surface area (Å²) in [4.78, 5) is 46.8. The molecule has 0 heterocycles. The van der Waals surface area contributed by atoms with Crippen molar-refractivity contribution in [3.8, 4) is 0 Å². The lowest BCUT2D eigenvalue weighted by Crippen LogP contribution is -2.32. The van der Waals surface area contributed by atoms with Crippen molar-refractivity contribution in [2.24, 2.45) is 0 Å². The summed E-state index contributed by atoms with van der Waals surface area (Å²) < 4.78 is 17.6. The minimum absolute atomic E-state index is 0.183. The Labute approximate surface area is 154 Å². The first-order chi connectivity index (χ1) is 12.9. The van der Waals surface area contributed by atoms with Crippen LogP contribution in [0.5, 0.6) is 0 Å². The smallest absolute Gasteiger partial charge is 0.325 e. The van der Waals surface area contributed by atoms with Gasteiger partial charge >= 0.3 is 5.97 Å². The van der Waals surface area contributed by atoms with Crippen LogP contribution >= 0.6 is 0 Å². The van der Waals surface area contributed by atoms with Gasteiger partial charge in [0.2, 0.25) is 0 Å². The normalized spacial score (nSPS) is 10.0. The molecular weight excluding hydrogens is 355 g/mol. The molecule has 140 valence electrons. The Morgan fingerprint density at radius 1 is 1.00 bits per heavy atom. The quantitative estimate of drug-likeness (QED) is 0.571. The minimum atomic E-state index is -0.819. The van der Waals surface area contributed by atoms with Crippen molar-refractivity contribution in [2.75, 3.05) is 18.5 Å². The average molecular weight is 372 g/mol. The topological polar surface area (TPSA) is 102 Å². The Bertz CT molecular complexity index is 865. The van der Waals surface area contributed by atoms with Gasteiger partial charge in [-0.05, 0) is 43.3 Å². The molecule has 2 rings (SSSR count). The Morgan fingerprint density at radius 3 is 2.33 bits per heavy atom. The van der Waals surface area contributed by atoms with Crippen LogP contribution in [0.2, 0.25) is 0 Å². The number of anilines is 1. The summed E-state index contributed by atoms with van der Waals surface area (Å²) in [5.74, 6) is -2.72. The third kappa shape index (κ3) is 6.03. The highest BCUT2D eigenvalue weighted by Gasteiger charge is 2.13. The van der Waals surface area contributed by atoms with Gasteiger partial charge in [-0.2, -0.15) is 0 Å². The molecule has 0 atom stereocenters. The third-order valence-corrected chi connectivity index (χ3v) is 3.44. The van der Waals surface area contributed by atoms with Crippen molar-refractivity contribution in [2.45, 2.75) is 6.92 Å². The van der Waals surface area contributed by atoms with Crippen LogP contribution in [0, 0.1) is 5.82 Å². The molecule has 0 saturated carbocycles. The van der Waals surface area contributed by atoms with Gasteiger partial charge in [-0.15, -0.1) is 0 Å². The molecule has 0 unspecified atom stereocenters. The summed E-state index contributed by atoms with van der Waals surface area (Å²) in [6.07, 6.45) is 0. The second-order valence-electron chi connectivity index (χ2n) is 5.50. The zero-order chi connectivity index (χ0) is 19.8. The van der Waals surface area contributed by atoms with E-state index in [1.165, 1.54) is 19.1 Å². The van der Waals surface area contributed by atoms with Crippen molar-refractivity contribution in [1.82, 2.24) is 5.32 Å². The minimum Gasteiger partial charge on any atom is -0.454 e. The molecule has 8 heteroatoms. The first kappa shape index (κ1) is 19.8. The molecule has 0 aliphatic heterocycles. The van der Waals surface area contributed by atoms with E-state index in [2.05, 4.69) is 10.6 Å². The van der Waals surface area contributed by atoms with Gasteiger partial charge in [-0.3, -0.25) is 19.2 Å². The second kappa shape index (κ2) is 9.23. The highest BCUT2D eigenvalue weighted by Crippen LogP contribution is 2.15. The fourth-order valence-electron chi connectivity index (χ4n) is 2.14.